The van der Waals surface area contributed by atoms with Crippen molar-refractivity contribution >= 4 is 62.0 Å². The monoisotopic (exact) mass is 1010 g/mol. The van der Waals surface area contributed by atoms with Gasteiger partial charge in [-0.15, -0.1) is 0 Å². The SMILES string of the molecule is CCCOc1cc(OCCCCN(C)C)cc(Oc2cc3c(cc2NS(=O)(=O)c2cccc(C(=O)NCCCCCCCCNc4ccc5c(c4)C(=O)N(C4CCC(=O)NC4=O)C5=O)c2)n(C)c(=O)n3C)c1. The molecule has 5 amide bonds. The molecular weight excluding hydrogens is 945 g/mol. The van der Waals surface area contributed by atoms with Gasteiger partial charge in [0.25, 0.3) is 27.7 Å². The lowest BCUT2D eigenvalue weighted by atomic mass is 10.0. The number of sulfonamides is 1. The summed E-state index contributed by atoms with van der Waals surface area (Å²) in [5.74, 6) is -1.08. The van der Waals surface area contributed by atoms with Crippen LogP contribution in [0.4, 0.5) is 11.4 Å². The van der Waals surface area contributed by atoms with Gasteiger partial charge in [-0.1, -0.05) is 38.7 Å². The Balaban J connectivity index is 0.899. The van der Waals surface area contributed by atoms with Crippen molar-refractivity contribution < 1.29 is 46.6 Å². The first-order valence-electron chi connectivity index (χ1n) is 24.5. The van der Waals surface area contributed by atoms with Crippen LogP contribution in [0.1, 0.15) is 109 Å². The summed E-state index contributed by atoms with van der Waals surface area (Å²) in [6, 6.07) is 18.0. The zero-order valence-electron chi connectivity index (χ0n) is 41.5. The van der Waals surface area contributed by atoms with Gasteiger partial charge in [-0.05, 0) is 102 Å². The number of piperidine rings is 1. The second-order valence-corrected chi connectivity index (χ2v) is 20.0. The average molecular weight is 1010 g/mol. The van der Waals surface area contributed by atoms with Crippen LogP contribution in [0.15, 0.2) is 82.5 Å². The van der Waals surface area contributed by atoms with Crippen LogP contribution in [0.5, 0.6) is 23.0 Å². The van der Waals surface area contributed by atoms with Gasteiger partial charge in [-0.2, -0.15) is 0 Å². The zero-order valence-corrected chi connectivity index (χ0v) is 42.3. The van der Waals surface area contributed by atoms with Crippen LogP contribution < -0.4 is 40.6 Å². The van der Waals surface area contributed by atoms with E-state index in [1.54, 1.807) is 68.7 Å². The first-order valence-corrected chi connectivity index (χ1v) is 26.0. The molecule has 1 saturated heterocycles. The number of unbranched alkanes of at least 4 members (excludes halogenated alkanes) is 6. The van der Waals surface area contributed by atoms with Crippen molar-refractivity contribution in [3.63, 3.8) is 0 Å². The molecule has 1 aromatic heterocycles. The molecule has 0 saturated carbocycles. The minimum absolute atomic E-state index is 0.0578. The highest BCUT2D eigenvalue weighted by atomic mass is 32.2. The van der Waals surface area contributed by atoms with Crippen molar-refractivity contribution in [2.75, 3.05) is 57.0 Å². The smallest absolute Gasteiger partial charge is 0.328 e. The van der Waals surface area contributed by atoms with Gasteiger partial charge < -0.3 is 29.7 Å². The first-order chi connectivity index (χ1) is 34.5. The highest BCUT2D eigenvalue weighted by molar-refractivity contribution is 7.92. The minimum atomic E-state index is -4.30. The number of imidazole rings is 1. The molecule has 72 heavy (non-hydrogen) atoms. The summed E-state index contributed by atoms with van der Waals surface area (Å²) in [5, 5.41) is 8.40. The predicted molar refractivity (Wildman–Crippen MR) is 273 cm³/mol. The van der Waals surface area contributed by atoms with E-state index < -0.39 is 45.6 Å². The molecule has 4 aromatic carbocycles. The molecule has 7 rings (SSSR count). The van der Waals surface area contributed by atoms with Crippen molar-refractivity contribution in [1.29, 1.82) is 0 Å². The van der Waals surface area contributed by atoms with Crippen LogP contribution >= 0.6 is 0 Å². The van der Waals surface area contributed by atoms with Gasteiger partial charge in [0.1, 0.15) is 23.3 Å². The molecule has 4 N–H and O–H groups in total. The van der Waals surface area contributed by atoms with Crippen LogP contribution in [-0.4, -0.2) is 110 Å². The third kappa shape index (κ3) is 12.8. The maximum atomic E-state index is 14.1. The molecule has 20 heteroatoms. The highest BCUT2D eigenvalue weighted by Gasteiger charge is 2.44. The lowest BCUT2D eigenvalue weighted by molar-refractivity contribution is -0.136. The standard InChI is InChI=1S/C52H64N8O11S/c1-6-25-69-36-29-37(70-26-14-13-24-57(2)3)31-38(30-36)71-46-33-45-44(58(4)52(66)59(45)5)32-42(46)56-72(67,68)39-17-15-16-34(27-39)48(62)54-23-12-10-8-7-9-11-22-53-35-18-19-40-41(28-35)51(65)60(50(40)64)43-20-21-47(61)55-49(43)63/h15-19,27-33,43,53,56H,6-14,20-26H2,1-5H3,(H,54,62)(H,55,61,63). The summed E-state index contributed by atoms with van der Waals surface area (Å²) >= 11 is 0. The number of aryl methyl sites for hydroxylation is 2. The number of fused-ring (bicyclic) bond motifs is 2. The quantitative estimate of drug-likeness (QED) is 0.0340. The van der Waals surface area contributed by atoms with Gasteiger partial charge in [0, 0.05) is 69.1 Å². The molecule has 2 aliphatic rings. The number of aromatic nitrogens is 2. The molecule has 3 heterocycles. The van der Waals surface area contributed by atoms with Crippen molar-refractivity contribution in [3.05, 3.63) is 100.0 Å². The van der Waals surface area contributed by atoms with Gasteiger partial charge in [-0.25, -0.2) is 13.2 Å². The third-order valence-electron chi connectivity index (χ3n) is 12.5. The Labute approximate surface area is 419 Å². The molecule has 384 valence electrons. The fourth-order valence-corrected chi connectivity index (χ4v) is 9.72. The van der Waals surface area contributed by atoms with Crippen LogP contribution in [0.2, 0.25) is 0 Å². The summed E-state index contributed by atoms with van der Waals surface area (Å²) in [7, 11) is 2.96. The van der Waals surface area contributed by atoms with Gasteiger partial charge in [0.15, 0.2) is 5.75 Å². The van der Waals surface area contributed by atoms with Gasteiger partial charge >= 0.3 is 5.69 Å². The van der Waals surface area contributed by atoms with E-state index >= 15 is 0 Å². The second-order valence-electron chi connectivity index (χ2n) is 18.3. The number of imide groups is 2. The largest absolute Gasteiger partial charge is 0.493 e. The Hall–Kier alpha value is -7.19. The maximum absolute atomic E-state index is 14.1. The van der Waals surface area contributed by atoms with Crippen molar-refractivity contribution in [2.24, 2.45) is 14.1 Å². The number of benzene rings is 4. The molecular formula is C52H64N8O11S. The van der Waals surface area contributed by atoms with Crippen molar-refractivity contribution in [3.8, 4) is 23.0 Å². The second kappa shape index (κ2) is 23.8. The lowest BCUT2D eigenvalue weighted by Gasteiger charge is -2.27. The normalized spacial score (nSPS) is 14.7. The summed E-state index contributed by atoms with van der Waals surface area (Å²) in [4.78, 5) is 79.2. The number of ether oxygens (including phenoxy) is 3. The first kappa shape index (κ1) is 52.6. The Morgan fingerprint density at radius 1 is 0.750 bits per heavy atom. The Morgan fingerprint density at radius 3 is 2.12 bits per heavy atom. The molecule has 0 aliphatic carbocycles. The number of hydrogen-bond acceptors (Lipinski definition) is 13. The number of nitrogens with one attached hydrogen (secondary N) is 4. The molecule has 1 atom stereocenters. The number of anilines is 2. The van der Waals surface area contributed by atoms with E-state index in [0.29, 0.717) is 60.3 Å². The number of hydrogen-bond donors (Lipinski definition) is 4. The number of rotatable bonds is 26. The number of carbonyl (C=O) groups excluding carboxylic acids is 5. The summed E-state index contributed by atoms with van der Waals surface area (Å²) in [6.07, 6.45) is 8.05. The number of amides is 5. The highest BCUT2D eigenvalue weighted by Crippen LogP contribution is 2.38. The molecule has 0 spiro atoms. The molecule has 19 nitrogen and oxygen atoms in total. The zero-order chi connectivity index (χ0) is 51.5. The summed E-state index contributed by atoms with van der Waals surface area (Å²) < 4.78 is 52.2. The van der Waals surface area contributed by atoms with Crippen LogP contribution in [0.3, 0.4) is 0 Å². The fraction of sp³-hybridized carbons (Fsp3) is 0.423. The van der Waals surface area contributed by atoms with Crippen molar-refractivity contribution in [2.45, 2.75) is 88.5 Å². The molecule has 2 aliphatic heterocycles. The third-order valence-corrected chi connectivity index (χ3v) is 13.9. The number of nitrogens with zero attached hydrogens (tertiary/aromatic N) is 4. The molecule has 1 fully saturated rings. The van der Waals surface area contributed by atoms with Gasteiger partial charge in [-0.3, -0.25) is 48.0 Å². The van der Waals surface area contributed by atoms with Gasteiger partial charge in [0.2, 0.25) is 11.8 Å². The van der Waals surface area contributed by atoms with Gasteiger partial charge in [0.05, 0.1) is 46.0 Å². The molecule has 5 aromatic rings. The Kier molecular flexibility index (Phi) is 17.4. The fourth-order valence-electron chi connectivity index (χ4n) is 8.61. The average Bonchev–Trinajstić information content (AvgIpc) is 3.72. The Morgan fingerprint density at radius 2 is 1.42 bits per heavy atom. The van der Waals surface area contributed by atoms with E-state index in [1.165, 1.54) is 27.3 Å². The van der Waals surface area contributed by atoms with E-state index in [-0.39, 0.29) is 51.6 Å². The minimum Gasteiger partial charge on any atom is -0.493 e. The molecule has 1 unspecified atom stereocenters. The van der Waals surface area contributed by atoms with E-state index in [0.717, 1.165) is 69.2 Å². The maximum Gasteiger partial charge on any atom is 0.328 e. The number of carbonyl (C=O) groups is 5. The topological polar surface area (TPSA) is 229 Å². The van der Waals surface area contributed by atoms with Crippen molar-refractivity contribution in [1.82, 2.24) is 29.6 Å². The predicted octanol–water partition coefficient (Wildman–Crippen LogP) is 6.56. The van der Waals surface area contributed by atoms with Crippen LogP contribution in [0.25, 0.3) is 11.0 Å². The Bertz CT molecular complexity index is 3000. The van der Waals surface area contributed by atoms with E-state index in [4.69, 9.17) is 14.2 Å². The lowest BCUT2D eigenvalue weighted by Crippen LogP contribution is -2.54. The summed E-state index contributed by atoms with van der Waals surface area (Å²) in [5.41, 5.74) is 2.06. The van der Waals surface area contributed by atoms with E-state index in [1.807, 2.05) is 21.0 Å². The van der Waals surface area contributed by atoms with E-state index in [9.17, 15) is 37.2 Å². The molecule has 0 bridgehead atoms. The van der Waals surface area contributed by atoms with E-state index in [2.05, 4.69) is 25.6 Å². The summed E-state index contributed by atoms with van der Waals surface area (Å²) in [6.45, 7) is 4.92. The van der Waals surface area contributed by atoms with Crippen LogP contribution in [0, 0.1) is 0 Å². The van der Waals surface area contributed by atoms with Crippen LogP contribution in [-0.2, 0) is 33.7 Å². The molecule has 0 radical (unpaired) electrons.